The molecule has 1 atom stereocenters. The minimum Gasteiger partial charge on any atom is -0.371 e. The molecule has 0 heterocycles. The highest BCUT2D eigenvalue weighted by Crippen LogP contribution is 2.30. The predicted octanol–water partition coefficient (Wildman–Crippen LogP) is 4.43. The van der Waals surface area contributed by atoms with Crippen LogP contribution in [-0.2, 0) is 0 Å². The Morgan fingerprint density at radius 2 is 1.80 bits per heavy atom. The van der Waals surface area contributed by atoms with Crippen LogP contribution in [0.25, 0.3) is 0 Å². The van der Waals surface area contributed by atoms with Gasteiger partial charge >= 0.3 is 0 Å². The van der Waals surface area contributed by atoms with Gasteiger partial charge in [-0.3, -0.25) is 0 Å². The molecule has 114 valence electrons. The summed E-state index contributed by atoms with van der Waals surface area (Å²) in [6, 6.07) is 4.32. The molecule has 1 unspecified atom stereocenters. The number of rotatable bonds is 7. The SMILES string of the molecule is CCNC(C)c1cc(F)c(C)cc1N(C)C(CC)CC. The molecule has 1 aromatic rings. The minimum atomic E-state index is -0.119. The van der Waals surface area contributed by atoms with E-state index < -0.39 is 0 Å². The molecule has 0 aliphatic carbocycles. The third-order valence-corrected chi connectivity index (χ3v) is 4.15. The number of nitrogens with zero attached hydrogens (tertiary/aromatic N) is 1. The summed E-state index contributed by atoms with van der Waals surface area (Å²) in [5.74, 6) is -0.119. The average Bonchev–Trinajstić information content (AvgIpc) is 2.42. The number of hydrogen-bond donors (Lipinski definition) is 1. The van der Waals surface area contributed by atoms with Gasteiger partial charge < -0.3 is 10.2 Å². The second-order valence-electron chi connectivity index (χ2n) is 5.52. The van der Waals surface area contributed by atoms with Gasteiger partial charge in [0, 0.05) is 24.8 Å². The summed E-state index contributed by atoms with van der Waals surface area (Å²) in [6.07, 6.45) is 2.19. The van der Waals surface area contributed by atoms with Gasteiger partial charge in [-0.05, 0) is 56.5 Å². The van der Waals surface area contributed by atoms with Crippen LogP contribution >= 0.6 is 0 Å². The van der Waals surface area contributed by atoms with Crippen molar-refractivity contribution in [2.45, 2.75) is 59.5 Å². The normalized spacial score (nSPS) is 12.8. The zero-order chi connectivity index (χ0) is 15.3. The largest absolute Gasteiger partial charge is 0.371 e. The van der Waals surface area contributed by atoms with E-state index >= 15 is 0 Å². The Labute approximate surface area is 123 Å². The van der Waals surface area contributed by atoms with E-state index in [2.05, 4.69) is 45.0 Å². The van der Waals surface area contributed by atoms with Gasteiger partial charge in [-0.25, -0.2) is 4.39 Å². The van der Waals surface area contributed by atoms with Crippen molar-refractivity contribution in [1.82, 2.24) is 5.32 Å². The summed E-state index contributed by atoms with van der Waals surface area (Å²) in [4.78, 5) is 2.30. The zero-order valence-electron chi connectivity index (χ0n) is 13.8. The van der Waals surface area contributed by atoms with E-state index in [1.807, 2.05) is 13.0 Å². The molecule has 0 saturated carbocycles. The van der Waals surface area contributed by atoms with Gasteiger partial charge in [0.1, 0.15) is 5.82 Å². The number of halogens is 1. The Balaban J connectivity index is 3.24. The molecule has 0 bridgehead atoms. The Morgan fingerprint density at radius 1 is 1.20 bits per heavy atom. The number of hydrogen-bond acceptors (Lipinski definition) is 2. The number of benzene rings is 1. The lowest BCUT2D eigenvalue weighted by molar-refractivity contribution is 0.561. The van der Waals surface area contributed by atoms with Crippen LogP contribution in [0.1, 0.15) is 57.7 Å². The van der Waals surface area contributed by atoms with Crippen molar-refractivity contribution in [3.05, 3.63) is 29.1 Å². The van der Waals surface area contributed by atoms with Crippen LogP contribution in [0.2, 0.25) is 0 Å². The molecule has 0 radical (unpaired) electrons. The van der Waals surface area contributed by atoms with Crippen molar-refractivity contribution in [3.63, 3.8) is 0 Å². The highest BCUT2D eigenvalue weighted by Gasteiger charge is 2.19. The third kappa shape index (κ3) is 3.72. The molecule has 1 rings (SSSR count). The van der Waals surface area contributed by atoms with Crippen LogP contribution in [0.4, 0.5) is 10.1 Å². The third-order valence-electron chi connectivity index (χ3n) is 4.15. The smallest absolute Gasteiger partial charge is 0.126 e. The van der Waals surface area contributed by atoms with Crippen molar-refractivity contribution >= 4 is 5.69 Å². The molecule has 0 amide bonds. The molecule has 0 spiro atoms. The van der Waals surface area contributed by atoms with Crippen molar-refractivity contribution < 1.29 is 4.39 Å². The van der Waals surface area contributed by atoms with E-state index in [9.17, 15) is 4.39 Å². The first-order valence-corrected chi connectivity index (χ1v) is 7.72. The lowest BCUT2D eigenvalue weighted by atomic mass is 10.00. The standard InChI is InChI=1S/C17H29FN2/c1-7-14(8-2)20(6)17-10-12(4)16(18)11-15(17)13(5)19-9-3/h10-11,13-14,19H,7-9H2,1-6H3. The van der Waals surface area contributed by atoms with Gasteiger partial charge in [0.25, 0.3) is 0 Å². The molecule has 0 aliphatic heterocycles. The maximum absolute atomic E-state index is 13.9. The molecular weight excluding hydrogens is 251 g/mol. The summed E-state index contributed by atoms with van der Waals surface area (Å²) >= 11 is 0. The summed E-state index contributed by atoms with van der Waals surface area (Å²) in [5, 5.41) is 3.39. The topological polar surface area (TPSA) is 15.3 Å². The van der Waals surface area contributed by atoms with Crippen molar-refractivity contribution in [2.24, 2.45) is 0 Å². The molecule has 0 aromatic heterocycles. The fourth-order valence-electron chi connectivity index (χ4n) is 2.78. The molecule has 0 aliphatic rings. The number of nitrogens with one attached hydrogen (secondary N) is 1. The second-order valence-corrected chi connectivity index (χ2v) is 5.52. The van der Waals surface area contributed by atoms with E-state index in [1.165, 1.54) is 0 Å². The first kappa shape index (κ1) is 17.0. The monoisotopic (exact) mass is 280 g/mol. The van der Waals surface area contributed by atoms with Crippen LogP contribution in [0, 0.1) is 12.7 Å². The van der Waals surface area contributed by atoms with Crippen molar-refractivity contribution in [3.8, 4) is 0 Å². The van der Waals surface area contributed by atoms with E-state index in [0.29, 0.717) is 11.6 Å². The number of aryl methyl sites for hydroxylation is 1. The summed E-state index contributed by atoms with van der Waals surface area (Å²) in [5.41, 5.74) is 2.90. The van der Waals surface area contributed by atoms with Gasteiger partial charge in [0.2, 0.25) is 0 Å². The molecule has 3 heteroatoms. The zero-order valence-corrected chi connectivity index (χ0v) is 13.8. The highest BCUT2D eigenvalue weighted by atomic mass is 19.1. The van der Waals surface area contributed by atoms with Gasteiger partial charge in [-0.15, -0.1) is 0 Å². The lowest BCUT2D eigenvalue weighted by Crippen LogP contribution is -2.32. The highest BCUT2D eigenvalue weighted by molar-refractivity contribution is 5.57. The molecule has 0 fully saturated rings. The van der Waals surface area contributed by atoms with Crippen LogP contribution in [0.3, 0.4) is 0 Å². The quantitative estimate of drug-likeness (QED) is 0.795. The Bertz CT molecular complexity index is 427. The van der Waals surface area contributed by atoms with Crippen LogP contribution in [0.5, 0.6) is 0 Å². The first-order valence-electron chi connectivity index (χ1n) is 7.72. The first-order chi connectivity index (χ1) is 9.46. The van der Waals surface area contributed by atoms with Crippen LogP contribution in [-0.4, -0.2) is 19.6 Å². The summed E-state index contributed by atoms with van der Waals surface area (Å²) in [7, 11) is 2.12. The maximum Gasteiger partial charge on any atom is 0.126 e. The van der Waals surface area contributed by atoms with Gasteiger partial charge in [-0.2, -0.15) is 0 Å². The van der Waals surface area contributed by atoms with Gasteiger partial charge in [0.15, 0.2) is 0 Å². The second kappa shape index (κ2) is 7.63. The van der Waals surface area contributed by atoms with E-state index in [-0.39, 0.29) is 11.9 Å². The molecule has 1 N–H and O–H groups in total. The fraction of sp³-hybridized carbons (Fsp3) is 0.647. The predicted molar refractivity (Wildman–Crippen MR) is 86.0 cm³/mol. The molecule has 20 heavy (non-hydrogen) atoms. The minimum absolute atomic E-state index is 0.119. The fourth-order valence-corrected chi connectivity index (χ4v) is 2.78. The maximum atomic E-state index is 13.9. The van der Waals surface area contributed by atoms with E-state index in [1.54, 1.807) is 6.07 Å². The number of anilines is 1. The van der Waals surface area contributed by atoms with Gasteiger partial charge in [-0.1, -0.05) is 20.8 Å². The van der Waals surface area contributed by atoms with E-state index in [4.69, 9.17) is 0 Å². The molecular formula is C17H29FN2. The molecule has 0 saturated heterocycles. The average molecular weight is 280 g/mol. The summed E-state index contributed by atoms with van der Waals surface area (Å²) < 4.78 is 13.9. The Kier molecular flexibility index (Phi) is 6.47. The summed E-state index contributed by atoms with van der Waals surface area (Å²) in [6.45, 7) is 11.3. The molecule has 1 aromatic carbocycles. The molecule has 2 nitrogen and oxygen atoms in total. The van der Waals surface area contributed by atoms with Crippen LogP contribution in [0.15, 0.2) is 12.1 Å². The van der Waals surface area contributed by atoms with Crippen molar-refractivity contribution in [1.29, 1.82) is 0 Å². The van der Waals surface area contributed by atoms with Gasteiger partial charge in [0.05, 0.1) is 0 Å². The Hall–Kier alpha value is -1.09. The Morgan fingerprint density at radius 3 is 2.30 bits per heavy atom. The van der Waals surface area contributed by atoms with E-state index in [0.717, 1.165) is 30.6 Å². The van der Waals surface area contributed by atoms with Crippen LogP contribution < -0.4 is 10.2 Å². The lowest BCUT2D eigenvalue weighted by Gasteiger charge is -2.32. The van der Waals surface area contributed by atoms with Crippen molar-refractivity contribution in [2.75, 3.05) is 18.5 Å².